The van der Waals surface area contributed by atoms with Crippen molar-refractivity contribution in [2.45, 2.75) is 0 Å². The van der Waals surface area contributed by atoms with E-state index in [1.54, 1.807) is 0 Å². The summed E-state index contributed by atoms with van der Waals surface area (Å²) in [4.78, 5) is 0. The van der Waals surface area contributed by atoms with E-state index in [2.05, 4.69) is 15.9 Å². The minimum atomic E-state index is -0.353. The van der Waals surface area contributed by atoms with Crippen LogP contribution in [-0.4, -0.2) is 5.11 Å². The van der Waals surface area contributed by atoms with E-state index in [1.807, 2.05) is 22.6 Å². The first-order valence-electron chi connectivity index (χ1n) is 2.45. The molecule has 1 nitrogen and oxygen atoms in total. The number of aromatic hydroxyl groups is 1. The normalized spacial score (nSPS) is 9.90. The lowest BCUT2D eigenvalue weighted by Crippen LogP contribution is -1.79. The zero-order chi connectivity index (χ0) is 7.72. The lowest BCUT2D eigenvalue weighted by atomic mass is 10.3. The third-order valence-corrected chi connectivity index (χ3v) is 2.41. The third-order valence-electron chi connectivity index (χ3n) is 0.982. The Labute approximate surface area is 79.5 Å². The monoisotopic (exact) mass is 316 g/mol. The molecule has 0 heterocycles. The summed E-state index contributed by atoms with van der Waals surface area (Å²) >= 11 is 4.86. The molecule has 0 saturated heterocycles. The van der Waals surface area contributed by atoms with E-state index in [0.717, 1.165) is 0 Å². The molecule has 1 N–H and O–H groups in total. The van der Waals surface area contributed by atoms with Crippen LogP contribution in [0.4, 0.5) is 4.39 Å². The molecule has 1 aromatic rings. The largest absolute Gasteiger partial charge is 0.506 e. The maximum Gasteiger partial charge on any atom is 0.143 e. The number of hydrogen-bond donors (Lipinski definition) is 1. The molecular weight excluding hydrogens is 314 g/mol. The highest BCUT2D eigenvalue weighted by Crippen LogP contribution is 2.29. The molecule has 0 unspecified atom stereocenters. The Hall–Kier alpha value is 0.160. The van der Waals surface area contributed by atoms with Crippen molar-refractivity contribution in [3.8, 4) is 5.75 Å². The van der Waals surface area contributed by atoms with Gasteiger partial charge in [0.25, 0.3) is 0 Å². The minimum Gasteiger partial charge on any atom is -0.506 e. The highest BCUT2D eigenvalue weighted by Gasteiger charge is 2.04. The Morgan fingerprint density at radius 1 is 1.50 bits per heavy atom. The number of hydrogen-bond acceptors (Lipinski definition) is 1. The first-order valence-corrected chi connectivity index (χ1v) is 4.32. The summed E-state index contributed by atoms with van der Waals surface area (Å²) in [6, 6.07) is 2.48. The molecule has 10 heavy (non-hydrogen) atoms. The summed E-state index contributed by atoms with van der Waals surface area (Å²) < 4.78 is 13.4. The van der Waals surface area contributed by atoms with E-state index in [1.165, 1.54) is 12.1 Å². The number of phenolic OH excluding ortho intramolecular Hbond substituents is 1. The first-order chi connectivity index (χ1) is 4.61. The predicted octanol–water partition coefficient (Wildman–Crippen LogP) is 2.90. The quantitative estimate of drug-likeness (QED) is 0.730. The van der Waals surface area contributed by atoms with E-state index in [0.29, 0.717) is 8.04 Å². The zero-order valence-electron chi connectivity index (χ0n) is 4.74. The fourth-order valence-corrected chi connectivity index (χ4v) is 1.93. The van der Waals surface area contributed by atoms with E-state index < -0.39 is 0 Å². The maximum absolute atomic E-state index is 12.5. The van der Waals surface area contributed by atoms with Gasteiger partial charge in [-0.3, -0.25) is 0 Å². The number of rotatable bonds is 0. The smallest absolute Gasteiger partial charge is 0.143 e. The lowest BCUT2D eigenvalue weighted by molar-refractivity contribution is 0.465. The molecule has 0 radical (unpaired) electrons. The molecule has 1 rings (SSSR count). The van der Waals surface area contributed by atoms with Gasteiger partial charge in [-0.25, -0.2) is 4.39 Å². The van der Waals surface area contributed by atoms with Gasteiger partial charge >= 0.3 is 0 Å². The number of phenols is 1. The lowest BCUT2D eigenvalue weighted by Gasteiger charge is -1.98. The Balaban J connectivity index is 3.31. The molecule has 0 aliphatic rings. The van der Waals surface area contributed by atoms with Crippen molar-refractivity contribution >= 4 is 38.5 Å². The van der Waals surface area contributed by atoms with E-state index in [9.17, 15) is 4.39 Å². The summed E-state index contributed by atoms with van der Waals surface area (Å²) in [5.74, 6) is -0.268. The van der Waals surface area contributed by atoms with E-state index in [-0.39, 0.29) is 11.6 Å². The highest BCUT2D eigenvalue weighted by atomic mass is 127. The van der Waals surface area contributed by atoms with Crippen LogP contribution in [0, 0.1) is 9.39 Å². The predicted molar refractivity (Wildman–Crippen MR) is 48.5 cm³/mol. The van der Waals surface area contributed by atoms with E-state index >= 15 is 0 Å². The van der Waals surface area contributed by atoms with Crippen molar-refractivity contribution in [1.82, 2.24) is 0 Å². The van der Waals surface area contributed by atoms with Crippen molar-refractivity contribution in [1.29, 1.82) is 0 Å². The van der Waals surface area contributed by atoms with Crippen LogP contribution in [0.2, 0.25) is 0 Å². The van der Waals surface area contributed by atoms with Crippen molar-refractivity contribution in [3.05, 3.63) is 26.0 Å². The molecule has 0 atom stereocenters. The van der Waals surface area contributed by atoms with Crippen molar-refractivity contribution in [2.24, 2.45) is 0 Å². The van der Waals surface area contributed by atoms with Crippen LogP contribution < -0.4 is 0 Å². The average Bonchev–Trinajstić information content (AvgIpc) is 1.82. The molecule has 0 amide bonds. The second-order valence-electron chi connectivity index (χ2n) is 1.72. The second-order valence-corrected chi connectivity index (χ2v) is 3.73. The van der Waals surface area contributed by atoms with Crippen LogP contribution in [0.15, 0.2) is 16.6 Å². The van der Waals surface area contributed by atoms with Gasteiger partial charge in [-0.2, -0.15) is 0 Å². The molecule has 54 valence electrons. The fraction of sp³-hybridized carbons (Fsp3) is 0. The summed E-state index contributed by atoms with van der Waals surface area (Å²) in [7, 11) is 0. The molecular formula is C6H3BrFIO. The minimum absolute atomic E-state index is 0.0852. The van der Waals surface area contributed by atoms with Crippen molar-refractivity contribution < 1.29 is 9.50 Å². The maximum atomic E-state index is 12.5. The molecule has 4 heteroatoms. The van der Waals surface area contributed by atoms with Crippen LogP contribution in [0.5, 0.6) is 5.75 Å². The van der Waals surface area contributed by atoms with Gasteiger partial charge in [-0.1, -0.05) is 0 Å². The average molecular weight is 317 g/mol. The zero-order valence-corrected chi connectivity index (χ0v) is 8.48. The van der Waals surface area contributed by atoms with Gasteiger partial charge in [0.15, 0.2) is 0 Å². The van der Waals surface area contributed by atoms with Crippen molar-refractivity contribution in [3.63, 3.8) is 0 Å². The Morgan fingerprint density at radius 3 is 2.60 bits per heavy atom. The van der Waals surface area contributed by atoms with Crippen molar-refractivity contribution in [2.75, 3.05) is 0 Å². The fourth-order valence-electron chi connectivity index (χ4n) is 0.535. The molecule has 0 fully saturated rings. The standard InChI is InChI=1S/C6H3BrFIO/c7-4-1-3(8)2-5(9)6(4)10/h1-2,10H. The topological polar surface area (TPSA) is 20.2 Å². The summed E-state index contributed by atoms with van der Waals surface area (Å²) in [6.07, 6.45) is 0. The van der Waals surface area contributed by atoms with Gasteiger partial charge in [0.2, 0.25) is 0 Å². The third kappa shape index (κ3) is 1.60. The summed E-state index contributed by atoms with van der Waals surface area (Å²) in [5.41, 5.74) is 0. The van der Waals surface area contributed by atoms with Gasteiger partial charge < -0.3 is 5.11 Å². The Morgan fingerprint density at radius 2 is 2.10 bits per heavy atom. The van der Waals surface area contributed by atoms with Gasteiger partial charge in [0.05, 0.1) is 8.04 Å². The highest BCUT2D eigenvalue weighted by molar-refractivity contribution is 14.1. The van der Waals surface area contributed by atoms with Gasteiger partial charge in [-0.05, 0) is 50.7 Å². The number of halogens is 3. The molecule has 0 aromatic heterocycles. The van der Waals surface area contributed by atoms with Gasteiger partial charge in [0.1, 0.15) is 11.6 Å². The summed E-state index contributed by atoms with van der Waals surface area (Å²) in [6.45, 7) is 0. The Kier molecular flexibility index (Phi) is 2.51. The van der Waals surface area contributed by atoms with Gasteiger partial charge in [-0.15, -0.1) is 0 Å². The molecule has 0 aliphatic carbocycles. The SMILES string of the molecule is Oc1c(Br)cc(F)cc1I. The molecule has 0 saturated carbocycles. The van der Waals surface area contributed by atoms with Gasteiger partial charge in [0, 0.05) is 0 Å². The van der Waals surface area contributed by atoms with Crippen LogP contribution in [0.3, 0.4) is 0 Å². The summed E-state index contributed by atoms with van der Waals surface area (Å²) in [5, 5.41) is 9.11. The molecule has 0 aliphatic heterocycles. The molecule has 0 spiro atoms. The van der Waals surface area contributed by atoms with Crippen LogP contribution in [0.1, 0.15) is 0 Å². The Bertz CT molecular complexity index is 241. The molecule has 1 aromatic carbocycles. The number of benzene rings is 1. The molecule has 0 bridgehead atoms. The van der Waals surface area contributed by atoms with Crippen LogP contribution in [-0.2, 0) is 0 Å². The first kappa shape index (κ1) is 8.26. The van der Waals surface area contributed by atoms with Crippen LogP contribution in [0.25, 0.3) is 0 Å². The van der Waals surface area contributed by atoms with Crippen LogP contribution >= 0.6 is 38.5 Å². The second kappa shape index (κ2) is 3.04. The van der Waals surface area contributed by atoms with E-state index in [4.69, 9.17) is 5.11 Å².